The van der Waals surface area contributed by atoms with Gasteiger partial charge in [-0.15, -0.1) is 0 Å². The number of rotatable bonds is 5. The number of imide groups is 2. The average Bonchev–Trinajstić information content (AvgIpc) is 3.19. The number of urea groups is 1. The minimum Gasteiger partial charge on any atom is -0.450 e. The molecule has 1 N–H and O–H groups in total. The van der Waals surface area contributed by atoms with E-state index in [4.69, 9.17) is 16.0 Å². The molecule has 3 aromatic rings. The molecule has 1 aromatic heterocycles. The number of barbiturate groups is 1. The summed E-state index contributed by atoms with van der Waals surface area (Å²) in [5.74, 6) is -1.25. The fourth-order valence-corrected chi connectivity index (χ4v) is 3.80. The minimum atomic E-state index is -0.905. The highest BCUT2D eigenvalue weighted by atomic mass is 35.5. The van der Waals surface area contributed by atoms with Gasteiger partial charge in [-0.25, -0.2) is 14.1 Å². The van der Waals surface area contributed by atoms with Gasteiger partial charge in [0.2, 0.25) is 0 Å². The number of nitrogens with zero attached hydrogens (tertiary/aromatic N) is 1. The van der Waals surface area contributed by atoms with Crippen LogP contribution in [-0.4, -0.2) is 17.8 Å². The van der Waals surface area contributed by atoms with E-state index in [1.54, 1.807) is 24.3 Å². The molecule has 2 aromatic carbocycles. The molecule has 0 spiro atoms. The molecule has 0 saturated carbocycles. The monoisotopic (exact) mass is 456 g/mol. The van der Waals surface area contributed by atoms with Crippen LogP contribution < -0.4 is 10.2 Å². The molecule has 1 aliphatic rings. The maximum atomic E-state index is 13.2. The fraction of sp³-hybridized carbons (Fsp3) is 0.0455. The maximum absolute atomic E-state index is 13.2. The first-order chi connectivity index (χ1) is 14.9. The number of anilines is 1. The van der Waals surface area contributed by atoms with Crippen LogP contribution in [-0.2, 0) is 15.3 Å². The number of hydrogen-bond donors (Lipinski definition) is 1. The van der Waals surface area contributed by atoms with Crippen LogP contribution in [0.15, 0.2) is 75.7 Å². The quantitative estimate of drug-likeness (QED) is 0.331. The normalized spacial score (nSPS) is 15.5. The molecule has 0 unspecified atom stereocenters. The van der Waals surface area contributed by atoms with Gasteiger partial charge in [-0.1, -0.05) is 35.5 Å². The van der Waals surface area contributed by atoms with Gasteiger partial charge in [0.1, 0.15) is 17.2 Å². The zero-order valence-electron chi connectivity index (χ0n) is 15.8. The molecule has 0 aliphatic carbocycles. The third-order valence-electron chi connectivity index (χ3n) is 4.37. The Balaban J connectivity index is 1.52. The third-order valence-corrected chi connectivity index (χ3v) is 5.60. The van der Waals surface area contributed by atoms with Gasteiger partial charge in [0, 0.05) is 10.8 Å². The maximum Gasteiger partial charge on any atom is 0.335 e. The van der Waals surface area contributed by atoms with Gasteiger partial charge in [-0.3, -0.25) is 14.9 Å². The highest BCUT2D eigenvalue weighted by molar-refractivity contribution is 7.98. The largest absolute Gasteiger partial charge is 0.450 e. The molecule has 6 nitrogen and oxygen atoms in total. The summed E-state index contributed by atoms with van der Waals surface area (Å²) < 4.78 is 18.9. The highest BCUT2D eigenvalue weighted by Gasteiger charge is 2.37. The first kappa shape index (κ1) is 20.9. The standard InChI is InChI=1S/C22H14ClFN2O4S/c23-14-3-1-13(2-4-14)12-31-19-10-9-17(30-19)11-18-20(27)25-22(29)26(21(18)28)16-7-5-15(24)6-8-16/h1-11H,12H2,(H,25,27,29). The summed E-state index contributed by atoms with van der Waals surface area (Å²) in [6.45, 7) is 0. The van der Waals surface area contributed by atoms with Gasteiger partial charge >= 0.3 is 6.03 Å². The van der Waals surface area contributed by atoms with Crippen molar-refractivity contribution in [3.63, 3.8) is 0 Å². The van der Waals surface area contributed by atoms with Gasteiger partial charge in [0.25, 0.3) is 11.8 Å². The molecule has 1 saturated heterocycles. The van der Waals surface area contributed by atoms with Crippen molar-refractivity contribution < 1.29 is 23.2 Å². The average molecular weight is 457 g/mol. The van der Waals surface area contributed by atoms with Crippen LogP contribution in [0.2, 0.25) is 5.02 Å². The lowest BCUT2D eigenvalue weighted by atomic mass is 10.1. The second-order valence-electron chi connectivity index (χ2n) is 6.51. The Hall–Kier alpha value is -3.36. The van der Waals surface area contributed by atoms with Crippen molar-refractivity contribution in [2.75, 3.05) is 4.90 Å². The van der Waals surface area contributed by atoms with Crippen LogP contribution in [0.4, 0.5) is 14.9 Å². The van der Waals surface area contributed by atoms with Crippen LogP contribution in [0.25, 0.3) is 6.08 Å². The molecule has 4 amide bonds. The number of carbonyl (C=O) groups is 3. The number of thioether (sulfide) groups is 1. The number of halogens is 2. The van der Waals surface area contributed by atoms with E-state index in [2.05, 4.69) is 5.32 Å². The lowest BCUT2D eigenvalue weighted by molar-refractivity contribution is -0.122. The van der Waals surface area contributed by atoms with Crippen LogP contribution in [0.5, 0.6) is 0 Å². The van der Waals surface area contributed by atoms with Crippen LogP contribution in [0, 0.1) is 5.82 Å². The van der Waals surface area contributed by atoms with Crippen LogP contribution >= 0.6 is 23.4 Å². The van der Waals surface area contributed by atoms with E-state index in [-0.39, 0.29) is 17.0 Å². The smallest absolute Gasteiger partial charge is 0.335 e. The lowest BCUT2D eigenvalue weighted by Crippen LogP contribution is -2.54. The van der Waals surface area contributed by atoms with E-state index < -0.39 is 23.7 Å². The summed E-state index contributed by atoms with van der Waals surface area (Å²) in [5.41, 5.74) is 0.925. The highest BCUT2D eigenvalue weighted by Crippen LogP contribution is 2.28. The van der Waals surface area contributed by atoms with E-state index in [0.29, 0.717) is 15.9 Å². The van der Waals surface area contributed by atoms with E-state index in [0.717, 1.165) is 22.6 Å². The van der Waals surface area contributed by atoms with Crippen molar-refractivity contribution >= 4 is 53.0 Å². The second-order valence-corrected chi connectivity index (χ2v) is 7.92. The van der Waals surface area contributed by atoms with E-state index in [9.17, 15) is 18.8 Å². The summed E-state index contributed by atoms with van der Waals surface area (Å²) in [7, 11) is 0. The third kappa shape index (κ3) is 4.70. The summed E-state index contributed by atoms with van der Waals surface area (Å²) in [6, 6.07) is 14.7. The first-order valence-electron chi connectivity index (χ1n) is 9.05. The summed E-state index contributed by atoms with van der Waals surface area (Å²) >= 11 is 7.32. The Morgan fingerprint density at radius 2 is 1.71 bits per heavy atom. The lowest BCUT2D eigenvalue weighted by Gasteiger charge is -2.26. The zero-order valence-corrected chi connectivity index (χ0v) is 17.4. The summed E-state index contributed by atoms with van der Waals surface area (Å²) in [4.78, 5) is 38.0. The molecular formula is C22H14ClFN2O4S. The predicted octanol–water partition coefficient (Wildman–Crippen LogP) is 5.03. The van der Waals surface area contributed by atoms with Gasteiger partial charge in [0.15, 0.2) is 5.09 Å². The van der Waals surface area contributed by atoms with E-state index >= 15 is 0 Å². The number of nitrogens with one attached hydrogen (secondary N) is 1. The topological polar surface area (TPSA) is 79.6 Å². The first-order valence-corrected chi connectivity index (χ1v) is 10.4. The molecule has 0 atom stereocenters. The Labute approximate surface area is 185 Å². The Morgan fingerprint density at radius 1 is 1.00 bits per heavy atom. The Bertz CT molecular complexity index is 1190. The molecule has 31 heavy (non-hydrogen) atoms. The predicted molar refractivity (Wildman–Crippen MR) is 115 cm³/mol. The second kappa shape index (κ2) is 8.79. The number of hydrogen-bond acceptors (Lipinski definition) is 5. The minimum absolute atomic E-state index is 0.140. The number of amides is 4. The molecule has 156 valence electrons. The molecule has 1 fully saturated rings. The van der Waals surface area contributed by atoms with Crippen molar-refractivity contribution in [1.29, 1.82) is 0 Å². The SMILES string of the molecule is O=C1NC(=O)N(c2ccc(F)cc2)C(=O)C1=Cc1ccc(SCc2ccc(Cl)cc2)o1. The molecular weight excluding hydrogens is 443 g/mol. The van der Waals surface area contributed by atoms with Crippen LogP contribution in [0.3, 0.4) is 0 Å². The van der Waals surface area contributed by atoms with Gasteiger partial charge < -0.3 is 4.42 Å². The van der Waals surface area contributed by atoms with Crippen molar-refractivity contribution in [2.24, 2.45) is 0 Å². The van der Waals surface area contributed by atoms with Crippen molar-refractivity contribution in [2.45, 2.75) is 10.8 Å². The summed E-state index contributed by atoms with van der Waals surface area (Å²) in [5, 5.41) is 3.36. The molecule has 0 radical (unpaired) electrons. The number of benzene rings is 2. The van der Waals surface area contributed by atoms with Crippen molar-refractivity contribution in [3.05, 3.63) is 88.4 Å². The van der Waals surface area contributed by atoms with E-state index in [1.165, 1.54) is 30.0 Å². The van der Waals surface area contributed by atoms with Gasteiger partial charge in [-0.05, 0) is 60.2 Å². The molecule has 2 heterocycles. The van der Waals surface area contributed by atoms with Gasteiger partial charge in [0.05, 0.1) is 5.69 Å². The van der Waals surface area contributed by atoms with Crippen LogP contribution in [0.1, 0.15) is 11.3 Å². The van der Waals surface area contributed by atoms with Crippen molar-refractivity contribution in [1.82, 2.24) is 5.32 Å². The Morgan fingerprint density at radius 3 is 2.42 bits per heavy atom. The molecule has 1 aliphatic heterocycles. The zero-order chi connectivity index (χ0) is 22.0. The Kier molecular flexibility index (Phi) is 5.92. The fourth-order valence-electron chi connectivity index (χ4n) is 2.85. The van der Waals surface area contributed by atoms with Gasteiger partial charge in [-0.2, -0.15) is 0 Å². The van der Waals surface area contributed by atoms with Crippen molar-refractivity contribution in [3.8, 4) is 0 Å². The molecule has 4 rings (SSSR count). The number of carbonyl (C=O) groups excluding carboxylic acids is 3. The molecule has 9 heteroatoms. The number of furan rings is 1. The molecule has 0 bridgehead atoms. The summed E-state index contributed by atoms with van der Waals surface area (Å²) in [6.07, 6.45) is 1.27. The van der Waals surface area contributed by atoms with E-state index in [1.807, 2.05) is 12.1 Å².